The molecule has 0 aromatic heterocycles. The first-order valence-corrected chi connectivity index (χ1v) is 10.3. The first-order chi connectivity index (χ1) is 14.0. The van der Waals surface area contributed by atoms with Crippen LogP contribution in [0, 0.1) is 17.8 Å². The van der Waals surface area contributed by atoms with Crippen LogP contribution in [0.5, 0.6) is 5.75 Å². The highest BCUT2D eigenvalue weighted by atomic mass is 16.5. The molecule has 4 unspecified atom stereocenters. The van der Waals surface area contributed by atoms with Gasteiger partial charge in [-0.3, -0.25) is 9.59 Å². The van der Waals surface area contributed by atoms with Crippen LogP contribution in [0.2, 0.25) is 0 Å². The quantitative estimate of drug-likeness (QED) is 0.865. The minimum atomic E-state index is -0.774. The monoisotopic (exact) mass is 391 g/mol. The van der Waals surface area contributed by atoms with Gasteiger partial charge < -0.3 is 14.7 Å². The zero-order chi connectivity index (χ0) is 20.2. The van der Waals surface area contributed by atoms with Crippen LogP contribution in [0.4, 0.5) is 0 Å². The van der Waals surface area contributed by atoms with Crippen LogP contribution in [0.1, 0.15) is 36.5 Å². The number of rotatable bonds is 4. The van der Waals surface area contributed by atoms with E-state index < -0.39 is 17.4 Å². The molecule has 2 fully saturated rings. The SMILES string of the molecule is CC1CC23c4ccc(OCc5ccccc5)cc4CCN2C(=O)CC3C1C(=O)O. The molecule has 1 saturated heterocycles. The van der Waals surface area contributed by atoms with Crippen molar-refractivity contribution in [2.45, 2.75) is 38.3 Å². The number of carboxylic acids is 1. The second-order valence-electron chi connectivity index (χ2n) is 8.67. The van der Waals surface area contributed by atoms with Gasteiger partial charge in [-0.1, -0.05) is 43.3 Å². The third-order valence-corrected chi connectivity index (χ3v) is 7.15. The Hall–Kier alpha value is -2.82. The van der Waals surface area contributed by atoms with Crippen molar-refractivity contribution < 1.29 is 19.4 Å². The molecule has 150 valence electrons. The number of amides is 1. The predicted molar refractivity (Wildman–Crippen MR) is 107 cm³/mol. The summed E-state index contributed by atoms with van der Waals surface area (Å²) in [5.41, 5.74) is 2.96. The molecular weight excluding hydrogens is 366 g/mol. The molecule has 5 nitrogen and oxygen atoms in total. The molecular formula is C24H25NO4. The van der Waals surface area contributed by atoms with Crippen molar-refractivity contribution in [3.05, 3.63) is 65.2 Å². The maximum atomic E-state index is 12.7. The Morgan fingerprint density at radius 3 is 2.79 bits per heavy atom. The molecule has 3 aliphatic rings. The second-order valence-corrected chi connectivity index (χ2v) is 8.67. The molecule has 2 aromatic rings. The number of nitrogens with zero attached hydrogens (tertiary/aromatic N) is 1. The lowest BCUT2D eigenvalue weighted by molar-refractivity contribution is -0.144. The summed E-state index contributed by atoms with van der Waals surface area (Å²) in [6.07, 6.45) is 1.84. The zero-order valence-electron chi connectivity index (χ0n) is 16.5. The number of carbonyl (C=O) groups is 2. The minimum absolute atomic E-state index is 0.0491. The van der Waals surface area contributed by atoms with Crippen molar-refractivity contribution in [2.24, 2.45) is 17.8 Å². The van der Waals surface area contributed by atoms with Crippen LogP contribution in [0.3, 0.4) is 0 Å². The largest absolute Gasteiger partial charge is 0.489 e. The fourth-order valence-corrected chi connectivity index (χ4v) is 6.05. The maximum Gasteiger partial charge on any atom is 0.307 e. The molecule has 29 heavy (non-hydrogen) atoms. The van der Waals surface area contributed by atoms with E-state index >= 15 is 0 Å². The number of benzene rings is 2. The number of hydrogen-bond acceptors (Lipinski definition) is 3. The van der Waals surface area contributed by atoms with Gasteiger partial charge in [-0.15, -0.1) is 0 Å². The molecule has 1 N–H and O–H groups in total. The van der Waals surface area contributed by atoms with Gasteiger partial charge in [-0.25, -0.2) is 0 Å². The summed E-state index contributed by atoms with van der Waals surface area (Å²) < 4.78 is 6.01. The summed E-state index contributed by atoms with van der Waals surface area (Å²) in [5.74, 6) is -0.430. The summed E-state index contributed by atoms with van der Waals surface area (Å²) in [6.45, 7) is 3.18. The van der Waals surface area contributed by atoms with Crippen LogP contribution >= 0.6 is 0 Å². The number of ether oxygens (including phenoxy) is 1. The van der Waals surface area contributed by atoms with Gasteiger partial charge >= 0.3 is 5.97 Å². The first kappa shape index (κ1) is 18.2. The molecule has 0 radical (unpaired) electrons. The average molecular weight is 391 g/mol. The maximum absolute atomic E-state index is 12.7. The Morgan fingerprint density at radius 1 is 1.24 bits per heavy atom. The Morgan fingerprint density at radius 2 is 2.03 bits per heavy atom. The smallest absolute Gasteiger partial charge is 0.307 e. The third-order valence-electron chi connectivity index (χ3n) is 7.15. The van der Waals surface area contributed by atoms with Crippen molar-refractivity contribution >= 4 is 11.9 Å². The molecule has 1 spiro atoms. The Bertz CT molecular complexity index is 972. The minimum Gasteiger partial charge on any atom is -0.489 e. The Kier molecular flexibility index (Phi) is 4.16. The topological polar surface area (TPSA) is 66.8 Å². The van der Waals surface area contributed by atoms with Crippen molar-refractivity contribution in [1.29, 1.82) is 0 Å². The van der Waals surface area contributed by atoms with E-state index in [1.807, 2.05) is 48.2 Å². The van der Waals surface area contributed by atoms with Gasteiger partial charge in [0.05, 0.1) is 11.5 Å². The van der Waals surface area contributed by atoms with E-state index in [4.69, 9.17) is 4.74 Å². The van der Waals surface area contributed by atoms with Crippen LogP contribution in [-0.4, -0.2) is 28.4 Å². The van der Waals surface area contributed by atoms with Crippen LogP contribution < -0.4 is 4.74 Å². The van der Waals surface area contributed by atoms with Gasteiger partial charge in [-0.2, -0.15) is 0 Å². The van der Waals surface area contributed by atoms with Gasteiger partial charge in [0.2, 0.25) is 5.91 Å². The van der Waals surface area contributed by atoms with E-state index in [0.717, 1.165) is 29.7 Å². The van der Waals surface area contributed by atoms with Gasteiger partial charge in [0.15, 0.2) is 0 Å². The van der Waals surface area contributed by atoms with E-state index in [1.54, 1.807) is 0 Å². The molecule has 5 rings (SSSR count). The summed E-state index contributed by atoms with van der Waals surface area (Å²) >= 11 is 0. The fraction of sp³-hybridized carbons (Fsp3) is 0.417. The highest BCUT2D eigenvalue weighted by Gasteiger charge is 2.65. The third kappa shape index (κ3) is 2.67. The molecule has 1 aliphatic carbocycles. The highest BCUT2D eigenvalue weighted by Crippen LogP contribution is 2.60. The number of carbonyl (C=O) groups excluding carboxylic acids is 1. The highest BCUT2D eigenvalue weighted by molar-refractivity contribution is 5.84. The van der Waals surface area contributed by atoms with E-state index in [1.165, 1.54) is 5.56 Å². The van der Waals surface area contributed by atoms with Crippen LogP contribution in [-0.2, 0) is 28.2 Å². The summed E-state index contributed by atoms with van der Waals surface area (Å²) in [6, 6.07) is 16.2. The van der Waals surface area contributed by atoms with Gasteiger partial charge in [0.25, 0.3) is 0 Å². The lowest BCUT2D eigenvalue weighted by Crippen LogP contribution is -2.49. The molecule has 5 heteroatoms. The molecule has 0 bridgehead atoms. The van der Waals surface area contributed by atoms with Crippen molar-refractivity contribution in [3.63, 3.8) is 0 Å². The van der Waals surface area contributed by atoms with Crippen LogP contribution in [0.25, 0.3) is 0 Å². The Balaban J connectivity index is 1.49. The van der Waals surface area contributed by atoms with Gasteiger partial charge in [-0.05, 0) is 47.6 Å². The van der Waals surface area contributed by atoms with E-state index in [-0.39, 0.29) is 17.7 Å². The molecule has 1 amide bonds. The predicted octanol–water partition coefficient (Wildman–Crippen LogP) is 3.61. The molecule has 2 aliphatic heterocycles. The first-order valence-electron chi connectivity index (χ1n) is 10.3. The summed E-state index contributed by atoms with van der Waals surface area (Å²) in [4.78, 5) is 26.7. The van der Waals surface area contributed by atoms with Crippen molar-refractivity contribution in [1.82, 2.24) is 4.90 Å². The normalized spacial score (nSPS) is 29.9. The number of hydrogen-bond donors (Lipinski definition) is 1. The summed E-state index contributed by atoms with van der Waals surface area (Å²) in [7, 11) is 0. The average Bonchev–Trinajstić information content (AvgIpc) is 3.14. The lowest BCUT2D eigenvalue weighted by atomic mass is 9.74. The van der Waals surface area contributed by atoms with E-state index in [2.05, 4.69) is 12.1 Å². The Labute approximate surface area is 170 Å². The molecule has 4 atom stereocenters. The zero-order valence-corrected chi connectivity index (χ0v) is 16.5. The molecule has 2 heterocycles. The van der Waals surface area contributed by atoms with E-state index in [9.17, 15) is 14.7 Å². The molecule has 1 saturated carbocycles. The van der Waals surface area contributed by atoms with Crippen LogP contribution in [0.15, 0.2) is 48.5 Å². The lowest BCUT2D eigenvalue weighted by Gasteiger charge is -2.44. The number of aliphatic carboxylic acids is 1. The molecule has 2 aromatic carbocycles. The van der Waals surface area contributed by atoms with Crippen molar-refractivity contribution in [3.8, 4) is 5.75 Å². The second kappa shape index (κ2) is 6.61. The number of fused-ring (bicyclic) bond motifs is 1. The van der Waals surface area contributed by atoms with Gasteiger partial charge in [0, 0.05) is 18.9 Å². The van der Waals surface area contributed by atoms with Crippen molar-refractivity contribution in [2.75, 3.05) is 6.54 Å². The fourth-order valence-electron chi connectivity index (χ4n) is 6.05. The standard InChI is InChI=1S/C24H25NO4/c1-15-13-24-19-8-7-18(29-14-16-5-3-2-4-6-16)11-17(19)9-10-25(24)21(26)12-20(24)22(15)23(27)28/h2-8,11,15,20,22H,9-10,12-14H2,1H3,(H,27,28). The van der Waals surface area contributed by atoms with E-state index in [0.29, 0.717) is 19.6 Å². The van der Waals surface area contributed by atoms with Gasteiger partial charge in [0.1, 0.15) is 12.4 Å². The summed E-state index contributed by atoms with van der Waals surface area (Å²) in [5, 5.41) is 9.82. The number of carboxylic acid groups (broad SMARTS) is 1.